The van der Waals surface area contributed by atoms with Crippen molar-refractivity contribution in [1.82, 2.24) is 14.8 Å². The Balaban J connectivity index is 2.70. The van der Waals surface area contributed by atoms with Gasteiger partial charge in [-0.25, -0.2) is 9.67 Å². The van der Waals surface area contributed by atoms with Gasteiger partial charge in [0.25, 0.3) is 0 Å². The number of nitrogens with zero attached hydrogens (tertiary/aromatic N) is 3. The molecule has 1 heterocycles. The van der Waals surface area contributed by atoms with Gasteiger partial charge in [-0.15, -0.1) is 0 Å². The van der Waals surface area contributed by atoms with Crippen LogP contribution in [-0.4, -0.2) is 19.9 Å². The molecule has 0 saturated carbocycles. The molecule has 0 aromatic carbocycles. The number of aliphatic hydroxyl groups is 1. The van der Waals surface area contributed by atoms with Crippen molar-refractivity contribution in [2.24, 2.45) is 18.7 Å². The fourth-order valence-electron chi connectivity index (χ4n) is 1.31. The first-order valence-corrected chi connectivity index (χ1v) is 4.79. The molecular weight excluding hydrogens is 180 g/mol. The van der Waals surface area contributed by atoms with Crippen molar-refractivity contribution in [2.45, 2.75) is 32.4 Å². The minimum Gasteiger partial charge on any atom is -0.369 e. The molecule has 0 radical (unpaired) electrons. The summed E-state index contributed by atoms with van der Waals surface area (Å²) < 4.78 is 1.50. The van der Waals surface area contributed by atoms with Gasteiger partial charge in [-0.1, -0.05) is 13.8 Å². The van der Waals surface area contributed by atoms with E-state index in [4.69, 9.17) is 5.73 Å². The van der Waals surface area contributed by atoms with Gasteiger partial charge in [0, 0.05) is 7.05 Å². The first kappa shape index (κ1) is 11.1. The standard InChI is InChI=1S/C9H18N4O/c1-7(2)4-5-9(10,14)8-11-6-12-13(8)3/h6-7,14H,4-5,10H2,1-3H3/t9-/m1/s1. The van der Waals surface area contributed by atoms with Crippen molar-refractivity contribution in [1.29, 1.82) is 0 Å². The minimum absolute atomic E-state index is 0.415. The highest BCUT2D eigenvalue weighted by molar-refractivity contribution is 4.97. The fourth-order valence-corrected chi connectivity index (χ4v) is 1.31. The van der Waals surface area contributed by atoms with Crippen LogP contribution in [0.15, 0.2) is 6.33 Å². The molecule has 80 valence electrons. The lowest BCUT2D eigenvalue weighted by molar-refractivity contribution is 0.0164. The first-order valence-electron chi connectivity index (χ1n) is 4.79. The summed E-state index contributed by atoms with van der Waals surface area (Å²) in [6, 6.07) is 0. The molecule has 0 amide bonds. The van der Waals surface area contributed by atoms with Crippen molar-refractivity contribution in [3.05, 3.63) is 12.2 Å². The molecule has 0 fully saturated rings. The SMILES string of the molecule is CC(C)CC[C@@](N)(O)c1ncnn1C. The van der Waals surface area contributed by atoms with Crippen LogP contribution in [0.1, 0.15) is 32.5 Å². The van der Waals surface area contributed by atoms with Gasteiger partial charge in [0.1, 0.15) is 6.33 Å². The van der Waals surface area contributed by atoms with E-state index in [0.29, 0.717) is 18.2 Å². The van der Waals surface area contributed by atoms with Crippen molar-refractivity contribution in [3.8, 4) is 0 Å². The van der Waals surface area contributed by atoms with Crippen LogP contribution in [0.2, 0.25) is 0 Å². The van der Waals surface area contributed by atoms with Gasteiger partial charge < -0.3 is 5.11 Å². The quantitative estimate of drug-likeness (QED) is 0.685. The molecule has 5 nitrogen and oxygen atoms in total. The lowest BCUT2D eigenvalue weighted by Gasteiger charge is -2.22. The van der Waals surface area contributed by atoms with E-state index >= 15 is 0 Å². The average molecular weight is 198 g/mol. The van der Waals surface area contributed by atoms with Gasteiger partial charge in [-0.05, 0) is 18.8 Å². The van der Waals surface area contributed by atoms with Crippen molar-refractivity contribution < 1.29 is 5.11 Å². The smallest absolute Gasteiger partial charge is 0.174 e. The van der Waals surface area contributed by atoms with E-state index in [2.05, 4.69) is 23.9 Å². The molecule has 0 unspecified atom stereocenters. The third kappa shape index (κ3) is 2.52. The van der Waals surface area contributed by atoms with Crippen molar-refractivity contribution in [3.63, 3.8) is 0 Å². The minimum atomic E-state index is -1.37. The monoisotopic (exact) mass is 198 g/mol. The topological polar surface area (TPSA) is 77.0 Å². The molecule has 0 aliphatic carbocycles. The molecule has 1 aromatic rings. The average Bonchev–Trinajstić information content (AvgIpc) is 2.48. The Kier molecular flexibility index (Phi) is 3.23. The van der Waals surface area contributed by atoms with Crippen LogP contribution >= 0.6 is 0 Å². The van der Waals surface area contributed by atoms with Crippen LogP contribution in [0.5, 0.6) is 0 Å². The Labute approximate surface area is 83.9 Å². The van der Waals surface area contributed by atoms with Crippen LogP contribution in [0.3, 0.4) is 0 Å². The van der Waals surface area contributed by atoms with Gasteiger partial charge in [0.2, 0.25) is 0 Å². The summed E-state index contributed by atoms with van der Waals surface area (Å²) in [4.78, 5) is 3.94. The molecule has 0 saturated heterocycles. The highest BCUT2D eigenvalue weighted by Gasteiger charge is 2.28. The summed E-state index contributed by atoms with van der Waals surface area (Å²) in [5, 5.41) is 13.8. The second-order valence-corrected chi connectivity index (χ2v) is 4.06. The second kappa shape index (κ2) is 4.06. The van der Waals surface area contributed by atoms with Crippen LogP contribution < -0.4 is 5.73 Å². The Morgan fingerprint density at radius 3 is 2.71 bits per heavy atom. The molecule has 14 heavy (non-hydrogen) atoms. The third-order valence-corrected chi connectivity index (χ3v) is 2.20. The van der Waals surface area contributed by atoms with Crippen LogP contribution in [-0.2, 0) is 12.8 Å². The Morgan fingerprint density at radius 2 is 2.29 bits per heavy atom. The predicted molar refractivity (Wildman–Crippen MR) is 53.2 cm³/mol. The van der Waals surface area contributed by atoms with Crippen molar-refractivity contribution in [2.75, 3.05) is 0 Å². The van der Waals surface area contributed by atoms with Gasteiger partial charge in [-0.3, -0.25) is 5.73 Å². The number of hydrogen-bond donors (Lipinski definition) is 2. The summed E-state index contributed by atoms with van der Waals surface area (Å²) in [6.07, 6.45) is 2.75. The van der Waals surface area contributed by atoms with Gasteiger partial charge >= 0.3 is 0 Å². The maximum Gasteiger partial charge on any atom is 0.174 e. The van der Waals surface area contributed by atoms with Gasteiger partial charge in [0.15, 0.2) is 11.5 Å². The lowest BCUT2D eigenvalue weighted by Crippen LogP contribution is -2.39. The summed E-state index contributed by atoms with van der Waals surface area (Å²) in [5.41, 5.74) is 4.40. The van der Waals surface area contributed by atoms with E-state index < -0.39 is 5.72 Å². The Morgan fingerprint density at radius 1 is 1.64 bits per heavy atom. The number of rotatable bonds is 4. The van der Waals surface area contributed by atoms with Crippen LogP contribution in [0, 0.1) is 5.92 Å². The fraction of sp³-hybridized carbons (Fsp3) is 0.778. The van der Waals surface area contributed by atoms with E-state index in [1.54, 1.807) is 7.05 Å². The van der Waals surface area contributed by atoms with E-state index in [0.717, 1.165) is 6.42 Å². The largest absolute Gasteiger partial charge is 0.369 e. The summed E-state index contributed by atoms with van der Waals surface area (Å²) in [6.45, 7) is 4.18. The zero-order valence-corrected chi connectivity index (χ0v) is 8.94. The second-order valence-electron chi connectivity index (χ2n) is 4.06. The van der Waals surface area contributed by atoms with E-state index in [9.17, 15) is 5.11 Å². The Hall–Kier alpha value is -0.940. The summed E-state index contributed by atoms with van der Waals surface area (Å²) in [5.74, 6) is 0.927. The lowest BCUT2D eigenvalue weighted by atomic mass is 10.0. The molecule has 0 spiro atoms. The third-order valence-electron chi connectivity index (χ3n) is 2.20. The molecule has 1 atom stereocenters. The van der Waals surface area contributed by atoms with Gasteiger partial charge in [0.05, 0.1) is 0 Å². The highest BCUT2D eigenvalue weighted by Crippen LogP contribution is 2.20. The number of aromatic nitrogens is 3. The molecule has 0 aliphatic rings. The molecule has 3 N–H and O–H groups in total. The van der Waals surface area contributed by atoms with Crippen molar-refractivity contribution >= 4 is 0 Å². The molecule has 1 rings (SSSR count). The first-order chi connectivity index (χ1) is 6.43. The van der Waals surface area contributed by atoms with E-state index in [1.807, 2.05) is 0 Å². The zero-order chi connectivity index (χ0) is 10.8. The maximum absolute atomic E-state index is 9.96. The zero-order valence-electron chi connectivity index (χ0n) is 8.94. The molecule has 0 aliphatic heterocycles. The Bertz CT molecular complexity index is 293. The van der Waals surface area contributed by atoms with E-state index in [1.165, 1.54) is 11.0 Å². The number of nitrogens with two attached hydrogens (primary N) is 1. The van der Waals surface area contributed by atoms with Gasteiger partial charge in [-0.2, -0.15) is 5.10 Å². The summed E-state index contributed by atoms with van der Waals surface area (Å²) >= 11 is 0. The maximum atomic E-state index is 9.96. The predicted octanol–water partition coefficient (Wildman–Crippen LogP) is 0.355. The number of hydrogen-bond acceptors (Lipinski definition) is 4. The number of aryl methyl sites for hydroxylation is 1. The highest BCUT2D eigenvalue weighted by atomic mass is 16.3. The molecule has 5 heteroatoms. The van der Waals surface area contributed by atoms with Crippen LogP contribution in [0.25, 0.3) is 0 Å². The molecule has 0 bridgehead atoms. The summed E-state index contributed by atoms with van der Waals surface area (Å²) in [7, 11) is 1.72. The van der Waals surface area contributed by atoms with Crippen LogP contribution in [0.4, 0.5) is 0 Å². The molecular formula is C9H18N4O. The normalized spacial score (nSPS) is 15.9. The van der Waals surface area contributed by atoms with E-state index in [-0.39, 0.29) is 0 Å². The molecule has 1 aromatic heterocycles.